The SMILES string of the molecule is CCOC(=O)c1c(NC(=O)CCc2ccccc2)sc2c1CC[NH+](C(C)C)C2. The minimum absolute atomic E-state index is 0.0685. The molecular weight excluding hydrogens is 372 g/mol. The van der Waals surface area contributed by atoms with E-state index < -0.39 is 0 Å². The molecule has 2 aromatic rings. The molecule has 1 atom stereocenters. The molecule has 150 valence electrons. The predicted molar refractivity (Wildman–Crippen MR) is 112 cm³/mol. The third-order valence-electron chi connectivity index (χ3n) is 5.21. The number of hydrogen-bond donors (Lipinski definition) is 2. The molecule has 5 nitrogen and oxygen atoms in total. The molecule has 0 spiro atoms. The summed E-state index contributed by atoms with van der Waals surface area (Å²) in [6.45, 7) is 8.45. The van der Waals surface area contributed by atoms with Gasteiger partial charge in [-0.1, -0.05) is 30.3 Å². The van der Waals surface area contributed by atoms with Crippen molar-refractivity contribution in [1.82, 2.24) is 0 Å². The van der Waals surface area contributed by atoms with Crippen molar-refractivity contribution in [1.29, 1.82) is 0 Å². The number of aryl methyl sites for hydroxylation is 1. The molecule has 0 saturated carbocycles. The summed E-state index contributed by atoms with van der Waals surface area (Å²) in [6.07, 6.45) is 1.91. The second kappa shape index (κ2) is 9.34. The van der Waals surface area contributed by atoms with Crippen molar-refractivity contribution in [3.63, 3.8) is 0 Å². The van der Waals surface area contributed by atoms with Crippen LogP contribution in [0.3, 0.4) is 0 Å². The molecular formula is C22H29N2O3S+. The van der Waals surface area contributed by atoms with Crippen molar-refractivity contribution in [3.05, 3.63) is 51.9 Å². The summed E-state index contributed by atoms with van der Waals surface area (Å²) in [5, 5.41) is 3.64. The van der Waals surface area contributed by atoms with Gasteiger partial charge in [-0.05, 0) is 38.3 Å². The number of rotatable bonds is 7. The van der Waals surface area contributed by atoms with Crippen LogP contribution in [0.15, 0.2) is 30.3 Å². The molecule has 0 aliphatic carbocycles. The van der Waals surface area contributed by atoms with E-state index in [1.165, 1.54) is 21.1 Å². The van der Waals surface area contributed by atoms with Gasteiger partial charge in [-0.2, -0.15) is 0 Å². The number of quaternary nitrogens is 1. The van der Waals surface area contributed by atoms with E-state index in [-0.39, 0.29) is 11.9 Å². The van der Waals surface area contributed by atoms with Gasteiger partial charge in [-0.25, -0.2) is 4.79 Å². The Balaban J connectivity index is 1.77. The summed E-state index contributed by atoms with van der Waals surface area (Å²) in [6, 6.07) is 10.5. The fourth-order valence-corrected chi connectivity index (χ4v) is 4.90. The van der Waals surface area contributed by atoms with Crippen LogP contribution in [-0.2, 0) is 28.9 Å². The van der Waals surface area contributed by atoms with Gasteiger partial charge in [0.15, 0.2) is 0 Å². The number of esters is 1. The number of carbonyl (C=O) groups excluding carboxylic acids is 2. The first kappa shape index (κ1) is 20.6. The minimum atomic E-state index is -0.327. The Labute approximate surface area is 170 Å². The zero-order valence-electron chi connectivity index (χ0n) is 16.8. The molecule has 0 saturated heterocycles. The number of thiophene rings is 1. The number of anilines is 1. The maximum absolute atomic E-state index is 12.6. The zero-order valence-corrected chi connectivity index (χ0v) is 17.7. The molecule has 1 aromatic carbocycles. The molecule has 2 N–H and O–H groups in total. The lowest BCUT2D eigenvalue weighted by atomic mass is 10.0. The van der Waals surface area contributed by atoms with Gasteiger partial charge < -0.3 is 15.0 Å². The number of amides is 1. The highest BCUT2D eigenvalue weighted by molar-refractivity contribution is 7.17. The quantitative estimate of drug-likeness (QED) is 0.702. The summed E-state index contributed by atoms with van der Waals surface area (Å²) in [5.41, 5.74) is 2.76. The van der Waals surface area contributed by atoms with Gasteiger partial charge in [-0.3, -0.25) is 4.79 Å². The third kappa shape index (κ3) is 4.80. The van der Waals surface area contributed by atoms with E-state index in [4.69, 9.17) is 4.74 Å². The first-order chi connectivity index (χ1) is 13.5. The van der Waals surface area contributed by atoms with E-state index in [9.17, 15) is 9.59 Å². The Bertz CT molecular complexity index is 830. The first-order valence-electron chi connectivity index (χ1n) is 9.99. The van der Waals surface area contributed by atoms with Crippen LogP contribution in [0.2, 0.25) is 0 Å². The Morgan fingerprint density at radius 3 is 2.68 bits per heavy atom. The predicted octanol–water partition coefficient (Wildman–Crippen LogP) is 2.85. The number of carbonyl (C=O) groups is 2. The summed E-state index contributed by atoms with van der Waals surface area (Å²) in [5.74, 6) is -0.396. The maximum atomic E-state index is 12.6. The van der Waals surface area contributed by atoms with Crippen molar-refractivity contribution >= 4 is 28.2 Å². The van der Waals surface area contributed by atoms with Crippen LogP contribution < -0.4 is 10.2 Å². The third-order valence-corrected chi connectivity index (χ3v) is 6.35. The van der Waals surface area contributed by atoms with E-state index in [0.717, 1.165) is 30.6 Å². The molecule has 28 heavy (non-hydrogen) atoms. The molecule has 3 rings (SSSR count). The highest BCUT2D eigenvalue weighted by atomic mass is 32.1. The van der Waals surface area contributed by atoms with Crippen molar-refractivity contribution in [2.75, 3.05) is 18.5 Å². The largest absolute Gasteiger partial charge is 0.462 e. The Morgan fingerprint density at radius 2 is 2.00 bits per heavy atom. The maximum Gasteiger partial charge on any atom is 0.341 e. The van der Waals surface area contributed by atoms with Gasteiger partial charge in [-0.15, -0.1) is 11.3 Å². The summed E-state index contributed by atoms with van der Waals surface area (Å²) in [7, 11) is 0. The van der Waals surface area contributed by atoms with Gasteiger partial charge in [0.2, 0.25) is 5.91 Å². The van der Waals surface area contributed by atoms with E-state index in [1.54, 1.807) is 6.92 Å². The Kier molecular flexibility index (Phi) is 6.86. The van der Waals surface area contributed by atoms with Gasteiger partial charge in [0.25, 0.3) is 0 Å². The van der Waals surface area contributed by atoms with Crippen molar-refractivity contribution < 1.29 is 19.2 Å². The molecule has 1 aromatic heterocycles. The molecule has 1 amide bonds. The van der Waals surface area contributed by atoms with Gasteiger partial charge >= 0.3 is 5.97 Å². The van der Waals surface area contributed by atoms with E-state index in [2.05, 4.69) is 19.2 Å². The summed E-state index contributed by atoms with van der Waals surface area (Å²) >= 11 is 1.53. The Morgan fingerprint density at radius 1 is 1.25 bits per heavy atom. The number of ether oxygens (including phenoxy) is 1. The first-order valence-corrected chi connectivity index (χ1v) is 10.8. The van der Waals surface area contributed by atoms with Crippen LogP contribution in [0.1, 0.15) is 53.6 Å². The Hall–Kier alpha value is -2.18. The monoisotopic (exact) mass is 401 g/mol. The van der Waals surface area contributed by atoms with Gasteiger partial charge in [0.1, 0.15) is 11.5 Å². The lowest BCUT2D eigenvalue weighted by molar-refractivity contribution is -0.936. The normalized spacial score (nSPS) is 15.9. The van der Waals surface area contributed by atoms with Crippen molar-refractivity contribution in [2.45, 2.75) is 52.6 Å². The lowest BCUT2D eigenvalue weighted by Gasteiger charge is -2.27. The standard InChI is InChI=1S/C22H28N2O3S/c1-4-27-22(26)20-17-12-13-24(15(2)3)14-18(17)28-21(20)23-19(25)11-10-16-8-6-5-7-9-16/h5-9,15H,4,10-14H2,1-3H3,(H,23,25)/p+1. The smallest absolute Gasteiger partial charge is 0.341 e. The molecule has 0 radical (unpaired) electrons. The van der Waals surface area contributed by atoms with Crippen LogP contribution in [0, 0.1) is 0 Å². The summed E-state index contributed by atoms with van der Waals surface area (Å²) in [4.78, 5) is 27.8. The molecule has 1 unspecified atom stereocenters. The van der Waals surface area contributed by atoms with E-state index in [0.29, 0.717) is 36.1 Å². The van der Waals surface area contributed by atoms with E-state index in [1.807, 2.05) is 30.3 Å². The zero-order chi connectivity index (χ0) is 20.1. The van der Waals surface area contributed by atoms with Gasteiger partial charge in [0, 0.05) is 12.8 Å². The molecule has 2 heterocycles. The van der Waals surface area contributed by atoms with Crippen LogP contribution in [0.5, 0.6) is 0 Å². The number of fused-ring (bicyclic) bond motifs is 1. The topological polar surface area (TPSA) is 59.8 Å². The number of benzene rings is 1. The molecule has 0 fully saturated rings. The average molecular weight is 402 g/mol. The average Bonchev–Trinajstić information content (AvgIpc) is 3.04. The van der Waals surface area contributed by atoms with Crippen LogP contribution in [0.25, 0.3) is 0 Å². The molecule has 1 aliphatic rings. The molecule has 6 heteroatoms. The lowest BCUT2D eigenvalue weighted by Crippen LogP contribution is -3.14. The number of hydrogen-bond acceptors (Lipinski definition) is 4. The minimum Gasteiger partial charge on any atom is -0.462 e. The van der Waals surface area contributed by atoms with Crippen molar-refractivity contribution in [2.24, 2.45) is 0 Å². The van der Waals surface area contributed by atoms with Crippen LogP contribution in [-0.4, -0.2) is 31.1 Å². The number of nitrogens with one attached hydrogen (secondary N) is 2. The van der Waals surface area contributed by atoms with Crippen molar-refractivity contribution in [3.8, 4) is 0 Å². The summed E-state index contributed by atoms with van der Waals surface area (Å²) < 4.78 is 5.29. The van der Waals surface area contributed by atoms with E-state index >= 15 is 0 Å². The molecule has 0 bridgehead atoms. The highest BCUT2D eigenvalue weighted by Crippen LogP contribution is 2.35. The fourth-order valence-electron chi connectivity index (χ4n) is 3.59. The second-order valence-corrected chi connectivity index (χ2v) is 8.56. The highest BCUT2D eigenvalue weighted by Gasteiger charge is 2.32. The second-order valence-electron chi connectivity index (χ2n) is 7.45. The fraction of sp³-hybridized carbons (Fsp3) is 0.455. The van der Waals surface area contributed by atoms with Gasteiger partial charge in [0.05, 0.1) is 29.6 Å². The molecule has 1 aliphatic heterocycles. The van der Waals surface area contributed by atoms with Crippen LogP contribution >= 0.6 is 11.3 Å². The van der Waals surface area contributed by atoms with Crippen LogP contribution in [0.4, 0.5) is 5.00 Å².